The third-order valence-electron chi connectivity index (χ3n) is 5.02. The molecule has 0 spiro atoms. The molecule has 0 amide bonds. The van der Waals surface area contributed by atoms with Gasteiger partial charge in [-0.15, -0.1) is 0 Å². The number of aromatic amines is 1. The Kier molecular flexibility index (Phi) is 3.57. The van der Waals surface area contributed by atoms with Gasteiger partial charge in [0.05, 0.1) is 12.0 Å². The van der Waals surface area contributed by atoms with Crippen LogP contribution < -0.4 is 15.9 Å². The monoisotopic (exact) mass is 350 g/mol. The summed E-state index contributed by atoms with van der Waals surface area (Å²) >= 11 is 0. The van der Waals surface area contributed by atoms with Crippen LogP contribution >= 0.6 is 0 Å². The number of H-pyrrole nitrogens is 1. The summed E-state index contributed by atoms with van der Waals surface area (Å²) in [5.41, 5.74) is 2.67. The van der Waals surface area contributed by atoms with Crippen LogP contribution in [0.15, 0.2) is 39.9 Å². The number of fused-ring (bicyclic) bond motifs is 2. The number of hydrogen-bond donors (Lipinski definition) is 1. The second-order valence-corrected chi connectivity index (χ2v) is 6.80. The molecule has 1 aromatic carbocycles. The molecular formula is C20H18N2O4. The highest BCUT2D eigenvalue weighted by Gasteiger charge is 2.33. The smallest absolute Gasteiger partial charge is 0.312 e. The predicted octanol–water partition coefficient (Wildman–Crippen LogP) is 2.28. The Morgan fingerprint density at radius 2 is 1.88 bits per heavy atom. The van der Waals surface area contributed by atoms with Gasteiger partial charge in [0.25, 0.3) is 11.1 Å². The van der Waals surface area contributed by atoms with Crippen molar-refractivity contribution in [1.29, 1.82) is 0 Å². The lowest BCUT2D eigenvalue weighted by atomic mass is 9.87. The van der Waals surface area contributed by atoms with Crippen molar-refractivity contribution in [2.75, 3.05) is 0 Å². The van der Waals surface area contributed by atoms with E-state index >= 15 is 0 Å². The SMILES string of the molecule is Cc1ccc2cc(C3CC(=O)Oc4cc(C)n(C)c(=O)c43)c(=O)[nH]c2c1. The summed E-state index contributed by atoms with van der Waals surface area (Å²) in [7, 11) is 1.67. The minimum absolute atomic E-state index is 0.0360. The minimum Gasteiger partial charge on any atom is -0.426 e. The van der Waals surface area contributed by atoms with Crippen LogP contribution in [0.25, 0.3) is 10.9 Å². The molecule has 3 heterocycles. The van der Waals surface area contributed by atoms with Gasteiger partial charge < -0.3 is 14.3 Å². The first kappa shape index (κ1) is 16.3. The van der Waals surface area contributed by atoms with Crippen molar-refractivity contribution in [2.24, 2.45) is 7.05 Å². The average Bonchev–Trinajstić information content (AvgIpc) is 2.58. The number of nitrogens with one attached hydrogen (secondary N) is 1. The minimum atomic E-state index is -0.625. The summed E-state index contributed by atoms with van der Waals surface area (Å²) in [6, 6.07) is 9.20. The summed E-state index contributed by atoms with van der Waals surface area (Å²) in [5, 5.41) is 0.856. The first-order valence-corrected chi connectivity index (χ1v) is 8.40. The Morgan fingerprint density at radius 3 is 2.65 bits per heavy atom. The molecule has 1 aliphatic heterocycles. The lowest BCUT2D eigenvalue weighted by Gasteiger charge is -2.25. The van der Waals surface area contributed by atoms with Crippen molar-refractivity contribution in [3.63, 3.8) is 0 Å². The van der Waals surface area contributed by atoms with Crippen molar-refractivity contribution in [3.8, 4) is 5.75 Å². The summed E-state index contributed by atoms with van der Waals surface area (Å²) in [4.78, 5) is 40.5. The first-order chi connectivity index (χ1) is 12.3. The molecule has 1 atom stereocenters. The Bertz CT molecular complexity index is 1190. The van der Waals surface area contributed by atoms with E-state index in [1.165, 1.54) is 4.57 Å². The number of rotatable bonds is 1. The van der Waals surface area contributed by atoms with E-state index in [-0.39, 0.29) is 23.3 Å². The second kappa shape index (κ2) is 5.69. The molecule has 2 aromatic heterocycles. The molecule has 1 N–H and O–H groups in total. The fourth-order valence-electron chi connectivity index (χ4n) is 3.50. The number of ether oxygens (including phenoxy) is 1. The molecule has 0 saturated carbocycles. The molecule has 1 aliphatic rings. The fourth-order valence-corrected chi connectivity index (χ4v) is 3.50. The van der Waals surface area contributed by atoms with Crippen LogP contribution in [0.4, 0.5) is 0 Å². The standard InChI is InChI=1S/C20H18N2O4/c1-10-4-5-12-8-14(19(24)21-15(12)6-10)13-9-17(23)26-16-7-11(2)22(3)20(25)18(13)16/h4-8,13H,9H2,1-3H3,(H,21,24). The zero-order valence-corrected chi connectivity index (χ0v) is 14.8. The van der Waals surface area contributed by atoms with Gasteiger partial charge in [-0.3, -0.25) is 14.4 Å². The molecule has 6 nitrogen and oxygen atoms in total. The highest BCUT2D eigenvalue weighted by atomic mass is 16.5. The molecule has 0 saturated heterocycles. The molecule has 1 unspecified atom stereocenters. The largest absolute Gasteiger partial charge is 0.426 e. The van der Waals surface area contributed by atoms with Crippen molar-refractivity contribution in [1.82, 2.24) is 9.55 Å². The van der Waals surface area contributed by atoms with Gasteiger partial charge in [-0.25, -0.2) is 0 Å². The molecule has 0 aliphatic carbocycles. The molecular weight excluding hydrogens is 332 g/mol. The van der Waals surface area contributed by atoms with Gasteiger partial charge in [0, 0.05) is 35.8 Å². The van der Waals surface area contributed by atoms with Crippen LogP contribution in [0.5, 0.6) is 5.75 Å². The number of carbonyl (C=O) groups excluding carboxylic acids is 1. The lowest BCUT2D eigenvalue weighted by molar-refractivity contribution is -0.135. The number of nitrogens with zero attached hydrogens (tertiary/aromatic N) is 1. The topological polar surface area (TPSA) is 81.2 Å². The highest BCUT2D eigenvalue weighted by molar-refractivity contribution is 5.81. The normalized spacial score (nSPS) is 16.4. The van der Waals surface area contributed by atoms with Crippen molar-refractivity contribution < 1.29 is 9.53 Å². The van der Waals surface area contributed by atoms with E-state index in [0.29, 0.717) is 16.8 Å². The van der Waals surface area contributed by atoms with Gasteiger partial charge in [0.15, 0.2) is 0 Å². The predicted molar refractivity (Wildman–Crippen MR) is 97.8 cm³/mol. The van der Waals surface area contributed by atoms with Crippen LogP contribution in [-0.2, 0) is 11.8 Å². The van der Waals surface area contributed by atoms with E-state index < -0.39 is 11.9 Å². The Labute approximate surface area is 149 Å². The first-order valence-electron chi connectivity index (χ1n) is 8.40. The van der Waals surface area contributed by atoms with Gasteiger partial charge in [-0.05, 0) is 36.9 Å². The number of carbonyl (C=O) groups is 1. The van der Waals surface area contributed by atoms with E-state index in [4.69, 9.17) is 4.74 Å². The quantitative estimate of drug-likeness (QED) is 0.683. The summed E-state index contributed by atoms with van der Waals surface area (Å²) in [5.74, 6) is -0.825. The number of hydrogen-bond acceptors (Lipinski definition) is 4. The van der Waals surface area contributed by atoms with Gasteiger partial charge >= 0.3 is 5.97 Å². The second-order valence-electron chi connectivity index (χ2n) is 6.80. The molecule has 6 heteroatoms. The van der Waals surface area contributed by atoms with E-state index in [1.807, 2.05) is 25.1 Å². The van der Waals surface area contributed by atoms with Crippen molar-refractivity contribution in [3.05, 3.63) is 73.4 Å². The molecule has 26 heavy (non-hydrogen) atoms. The fraction of sp³-hybridized carbons (Fsp3) is 0.250. The lowest BCUT2D eigenvalue weighted by Crippen LogP contribution is -2.34. The number of aromatic nitrogens is 2. The number of pyridine rings is 2. The van der Waals surface area contributed by atoms with Crippen LogP contribution in [-0.4, -0.2) is 15.5 Å². The van der Waals surface area contributed by atoms with Gasteiger partial charge in [0.2, 0.25) is 0 Å². The van der Waals surface area contributed by atoms with E-state index in [1.54, 1.807) is 26.1 Å². The third kappa shape index (κ3) is 2.45. The summed E-state index contributed by atoms with van der Waals surface area (Å²) in [6.07, 6.45) is -0.0360. The Morgan fingerprint density at radius 1 is 1.12 bits per heavy atom. The van der Waals surface area contributed by atoms with E-state index in [9.17, 15) is 14.4 Å². The summed E-state index contributed by atoms with van der Waals surface area (Å²) < 4.78 is 6.78. The van der Waals surface area contributed by atoms with Crippen LogP contribution in [0, 0.1) is 13.8 Å². The van der Waals surface area contributed by atoms with Crippen LogP contribution in [0.3, 0.4) is 0 Å². The van der Waals surface area contributed by atoms with Gasteiger partial charge in [-0.1, -0.05) is 12.1 Å². The number of benzene rings is 1. The molecule has 0 fully saturated rings. The Hall–Kier alpha value is -3.15. The van der Waals surface area contributed by atoms with Crippen molar-refractivity contribution in [2.45, 2.75) is 26.2 Å². The zero-order chi connectivity index (χ0) is 18.6. The maximum absolute atomic E-state index is 12.8. The molecule has 3 aromatic rings. The maximum atomic E-state index is 12.8. The highest BCUT2D eigenvalue weighted by Crippen LogP contribution is 2.36. The maximum Gasteiger partial charge on any atom is 0.312 e. The van der Waals surface area contributed by atoms with E-state index in [2.05, 4.69) is 4.98 Å². The molecule has 0 radical (unpaired) electrons. The third-order valence-corrected chi connectivity index (χ3v) is 5.02. The average molecular weight is 350 g/mol. The molecule has 0 bridgehead atoms. The molecule has 132 valence electrons. The van der Waals surface area contributed by atoms with Crippen molar-refractivity contribution >= 4 is 16.9 Å². The number of esters is 1. The van der Waals surface area contributed by atoms with E-state index in [0.717, 1.165) is 16.5 Å². The summed E-state index contributed by atoms with van der Waals surface area (Å²) in [6.45, 7) is 3.72. The van der Waals surface area contributed by atoms with Crippen LogP contribution in [0.1, 0.15) is 34.7 Å². The van der Waals surface area contributed by atoms with Gasteiger partial charge in [0.1, 0.15) is 5.75 Å². The zero-order valence-electron chi connectivity index (χ0n) is 14.8. The van der Waals surface area contributed by atoms with Gasteiger partial charge in [-0.2, -0.15) is 0 Å². The Balaban J connectivity index is 1.99. The molecule has 4 rings (SSSR count). The number of aryl methyl sites for hydroxylation is 2. The van der Waals surface area contributed by atoms with Crippen LogP contribution in [0.2, 0.25) is 0 Å².